The summed E-state index contributed by atoms with van der Waals surface area (Å²) in [5.74, 6) is -0.220. The molecule has 62 valence electrons. The van der Waals surface area contributed by atoms with E-state index < -0.39 is 6.09 Å². The van der Waals surface area contributed by atoms with Gasteiger partial charge in [-0.25, -0.2) is 10.3 Å². The molecule has 0 aromatic heterocycles. The fraction of sp³-hybridized carbons (Fsp3) is 0.600. The van der Waals surface area contributed by atoms with Crippen LogP contribution < -0.4 is 10.8 Å². The Labute approximate surface area is 62.5 Å². The van der Waals surface area contributed by atoms with Gasteiger partial charge in [0, 0.05) is 0 Å². The Morgan fingerprint density at radius 1 is 1.91 bits per heavy atom. The van der Waals surface area contributed by atoms with Crippen LogP contribution in [0.1, 0.15) is 6.42 Å². The first kappa shape index (κ1) is 7.80. The first-order valence-electron chi connectivity index (χ1n) is 3.10. The number of hydrogen-bond acceptors (Lipinski definition) is 3. The molecule has 6 nitrogen and oxygen atoms in total. The minimum Gasteiger partial charge on any atom is -0.465 e. The molecule has 1 aliphatic rings. The number of hydrogen-bond donors (Lipinski definition) is 3. The number of amides is 2. The van der Waals surface area contributed by atoms with Crippen molar-refractivity contribution in [3.8, 4) is 0 Å². The van der Waals surface area contributed by atoms with Crippen molar-refractivity contribution in [2.24, 2.45) is 0 Å². The number of carbonyl (C=O) groups is 2. The van der Waals surface area contributed by atoms with E-state index in [1.165, 1.54) is 0 Å². The molecule has 0 spiro atoms. The van der Waals surface area contributed by atoms with E-state index in [1.54, 1.807) is 0 Å². The third kappa shape index (κ3) is 2.42. The van der Waals surface area contributed by atoms with Crippen molar-refractivity contribution in [1.29, 1.82) is 0 Å². The fourth-order valence-electron chi connectivity index (χ4n) is 0.754. The number of rotatable bonds is 2. The van der Waals surface area contributed by atoms with Gasteiger partial charge in [0.05, 0.1) is 13.0 Å². The maximum absolute atomic E-state index is 10.5. The van der Waals surface area contributed by atoms with Crippen LogP contribution in [-0.2, 0) is 9.63 Å². The summed E-state index contributed by atoms with van der Waals surface area (Å²) >= 11 is 0. The third-order valence-corrected chi connectivity index (χ3v) is 1.23. The average Bonchev–Trinajstić information content (AvgIpc) is 2.31. The standard InChI is InChI=1S/C5H8N2O4/c8-4-1-3(11-7-4)2-6-5(9)10/h3,6H,1-2H2,(H,7,8)(H,9,10). The highest BCUT2D eigenvalue weighted by molar-refractivity contribution is 5.76. The van der Waals surface area contributed by atoms with Crippen LogP contribution in [0.4, 0.5) is 4.79 Å². The Balaban J connectivity index is 2.18. The molecule has 0 radical (unpaired) electrons. The lowest BCUT2D eigenvalue weighted by Gasteiger charge is -2.04. The zero-order valence-electron chi connectivity index (χ0n) is 5.66. The van der Waals surface area contributed by atoms with Gasteiger partial charge in [0.25, 0.3) is 0 Å². The van der Waals surface area contributed by atoms with Gasteiger partial charge < -0.3 is 10.4 Å². The zero-order valence-corrected chi connectivity index (χ0v) is 5.66. The number of carbonyl (C=O) groups excluding carboxylic acids is 1. The van der Waals surface area contributed by atoms with Crippen LogP contribution in [0.2, 0.25) is 0 Å². The molecule has 0 bridgehead atoms. The second-order valence-electron chi connectivity index (χ2n) is 2.16. The van der Waals surface area contributed by atoms with Crippen LogP contribution in [-0.4, -0.2) is 29.8 Å². The Hall–Kier alpha value is -1.30. The van der Waals surface area contributed by atoms with Gasteiger partial charge in [0.1, 0.15) is 6.10 Å². The minimum absolute atomic E-state index is 0.133. The van der Waals surface area contributed by atoms with Crippen molar-refractivity contribution in [2.75, 3.05) is 6.54 Å². The first-order valence-corrected chi connectivity index (χ1v) is 3.10. The summed E-state index contributed by atoms with van der Waals surface area (Å²) < 4.78 is 0. The molecule has 6 heteroatoms. The van der Waals surface area contributed by atoms with Crippen LogP contribution in [0, 0.1) is 0 Å². The van der Waals surface area contributed by atoms with Crippen LogP contribution in [0.3, 0.4) is 0 Å². The topological polar surface area (TPSA) is 87.7 Å². The first-order chi connectivity index (χ1) is 5.18. The van der Waals surface area contributed by atoms with E-state index in [-0.39, 0.29) is 25.0 Å². The molecule has 0 aromatic rings. The Kier molecular flexibility index (Phi) is 2.27. The number of carboxylic acid groups (broad SMARTS) is 1. The van der Waals surface area contributed by atoms with Crippen LogP contribution >= 0.6 is 0 Å². The summed E-state index contributed by atoms with van der Waals surface area (Å²) in [6, 6.07) is 0. The molecular weight excluding hydrogens is 152 g/mol. The van der Waals surface area contributed by atoms with E-state index in [0.29, 0.717) is 0 Å². The molecular formula is C5H8N2O4. The average molecular weight is 160 g/mol. The monoisotopic (exact) mass is 160 g/mol. The highest BCUT2D eigenvalue weighted by Gasteiger charge is 2.22. The predicted molar refractivity (Wildman–Crippen MR) is 33.7 cm³/mol. The molecule has 0 saturated carbocycles. The molecule has 1 rings (SSSR count). The summed E-state index contributed by atoms with van der Waals surface area (Å²) in [5, 5.41) is 10.3. The zero-order chi connectivity index (χ0) is 8.27. The summed E-state index contributed by atoms with van der Waals surface area (Å²) in [6.07, 6.45) is -1.29. The van der Waals surface area contributed by atoms with Gasteiger partial charge in [-0.15, -0.1) is 0 Å². The largest absolute Gasteiger partial charge is 0.465 e. The molecule has 2 amide bonds. The van der Waals surface area contributed by atoms with E-state index in [4.69, 9.17) is 9.94 Å². The van der Waals surface area contributed by atoms with Gasteiger partial charge in [-0.1, -0.05) is 0 Å². The normalized spacial score (nSPS) is 22.9. The van der Waals surface area contributed by atoms with Gasteiger partial charge in [0.15, 0.2) is 0 Å². The van der Waals surface area contributed by atoms with Crippen LogP contribution in [0.25, 0.3) is 0 Å². The Morgan fingerprint density at radius 2 is 2.64 bits per heavy atom. The summed E-state index contributed by atoms with van der Waals surface area (Å²) in [4.78, 5) is 25.1. The molecule has 1 atom stereocenters. The maximum atomic E-state index is 10.5. The molecule has 1 fully saturated rings. The minimum atomic E-state index is -1.12. The van der Waals surface area contributed by atoms with Crippen LogP contribution in [0.15, 0.2) is 0 Å². The van der Waals surface area contributed by atoms with Crippen molar-refractivity contribution >= 4 is 12.0 Å². The number of nitrogens with one attached hydrogen (secondary N) is 2. The van der Waals surface area contributed by atoms with Gasteiger partial charge in [-0.2, -0.15) is 0 Å². The van der Waals surface area contributed by atoms with E-state index in [2.05, 4.69) is 10.8 Å². The fourth-order valence-corrected chi connectivity index (χ4v) is 0.754. The lowest BCUT2D eigenvalue weighted by molar-refractivity contribution is -0.124. The smallest absolute Gasteiger partial charge is 0.404 e. The van der Waals surface area contributed by atoms with E-state index >= 15 is 0 Å². The van der Waals surface area contributed by atoms with Gasteiger partial charge >= 0.3 is 6.09 Å². The summed E-state index contributed by atoms with van der Waals surface area (Å²) in [6.45, 7) is 0.133. The summed E-state index contributed by atoms with van der Waals surface area (Å²) in [5.41, 5.74) is 2.12. The van der Waals surface area contributed by atoms with Crippen molar-refractivity contribution < 1.29 is 19.5 Å². The van der Waals surface area contributed by atoms with Crippen molar-refractivity contribution in [3.05, 3.63) is 0 Å². The van der Waals surface area contributed by atoms with Crippen LogP contribution in [0.5, 0.6) is 0 Å². The van der Waals surface area contributed by atoms with Crippen molar-refractivity contribution in [2.45, 2.75) is 12.5 Å². The van der Waals surface area contributed by atoms with E-state index in [9.17, 15) is 9.59 Å². The lowest BCUT2D eigenvalue weighted by Crippen LogP contribution is -2.30. The van der Waals surface area contributed by atoms with Crippen molar-refractivity contribution in [3.63, 3.8) is 0 Å². The SMILES string of the molecule is O=C(O)NCC1CC(=O)NO1. The molecule has 1 heterocycles. The third-order valence-electron chi connectivity index (χ3n) is 1.23. The van der Waals surface area contributed by atoms with E-state index in [0.717, 1.165) is 0 Å². The molecule has 3 N–H and O–H groups in total. The lowest BCUT2D eigenvalue weighted by atomic mass is 10.2. The summed E-state index contributed by atoms with van der Waals surface area (Å²) in [7, 11) is 0. The highest BCUT2D eigenvalue weighted by atomic mass is 16.7. The Morgan fingerprint density at radius 3 is 3.09 bits per heavy atom. The molecule has 1 aliphatic heterocycles. The Bertz CT molecular complexity index is 181. The molecule has 0 aliphatic carbocycles. The predicted octanol–water partition coefficient (Wildman–Crippen LogP) is -0.926. The molecule has 1 unspecified atom stereocenters. The van der Waals surface area contributed by atoms with E-state index in [1.807, 2.05) is 0 Å². The second-order valence-corrected chi connectivity index (χ2v) is 2.16. The molecule has 0 aromatic carbocycles. The molecule has 11 heavy (non-hydrogen) atoms. The molecule has 1 saturated heterocycles. The van der Waals surface area contributed by atoms with Gasteiger partial charge in [0.2, 0.25) is 5.91 Å². The number of hydroxylamine groups is 1. The maximum Gasteiger partial charge on any atom is 0.404 e. The van der Waals surface area contributed by atoms with Gasteiger partial charge in [-0.05, 0) is 0 Å². The quantitative estimate of drug-likeness (QED) is 0.487. The van der Waals surface area contributed by atoms with Crippen molar-refractivity contribution in [1.82, 2.24) is 10.8 Å². The second kappa shape index (κ2) is 3.20. The van der Waals surface area contributed by atoms with Gasteiger partial charge in [-0.3, -0.25) is 9.63 Å². The highest BCUT2D eigenvalue weighted by Crippen LogP contribution is 2.02.